The highest BCUT2D eigenvalue weighted by Crippen LogP contribution is 2.37. The molecule has 9 heteroatoms. The Morgan fingerprint density at radius 2 is 2.00 bits per heavy atom. The summed E-state index contributed by atoms with van der Waals surface area (Å²) in [6, 6.07) is 13.5. The number of nitrogens with one attached hydrogen (secondary N) is 1. The van der Waals surface area contributed by atoms with Crippen molar-refractivity contribution in [1.82, 2.24) is 24.8 Å². The Hall–Kier alpha value is -3.88. The number of nitrogens with zero attached hydrogens (tertiary/aromatic N) is 5. The van der Waals surface area contributed by atoms with E-state index in [2.05, 4.69) is 15.5 Å². The van der Waals surface area contributed by atoms with Gasteiger partial charge in [0.05, 0.1) is 11.7 Å². The van der Waals surface area contributed by atoms with Crippen molar-refractivity contribution in [2.24, 2.45) is 7.05 Å². The Bertz CT molecular complexity index is 1200. The van der Waals surface area contributed by atoms with Gasteiger partial charge in [-0.2, -0.15) is 15.0 Å². The van der Waals surface area contributed by atoms with Crippen molar-refractivity contribution in [3.63, 3.8) is 0 Å². The highest BCUT2D eigenvalue weighted by molar-refractivity contribution is 5.95. The normalized spacial score (nSPS) is 12.5. The molecule has 0 radical (unpaired) electrons. The Morgan fingerprint density at radius 1 is 1.14 bits per heavy atom. The summed E-state index contributed by atoms with van der Waals surface area (Å²) in [5.74, 6) is 1.58. The maximum atomic E-state index is 12.4. The van der Waals surface area contributed by atoms with Crippen LogP contribution in [0.15, 0.2) is 48.7 Å². The molecule has 0 saturated heterocycles. The zero-order valence-electron chi connectivity index (χ0n) is 15.0. The average Bonchev–Trinajstić information content (AvgIpc) is 3.40. The molecular weight excluding hydrogens is 360 g/mol. The quantitative estimate of drug-likeness (QED) is 0.587. The minimum absolute atomic E-state index is 0.0572. The molecule has 0 fully saturated rings. The number of carbonyl (C=O) groups is 1. The standard InChI is InChI=1S/C19H16N6O3/c1-24-20-9-17(22-24)21-18(26)10-25-14-5-3-2-4-13(14)19(23-25)12-6-7-15-16(8-12)28-11-27-15/h2-9H,10-11H2,1H3,(H,21,22,26). The highest BCUT2D eigenvalue weighted by atomic mass is 16.7. The van der Waals surface area contributed by atoms with Crippen LogP contribution in [0.25, 0.3) is 22.2 Å². The number of carbonyl (C=O) groups excluding carboxylic acids is 1. The van der Waals surface area contributed by atoms with Gasteiger partial charge in [-0.05, 0) is 24.3 Å². The van der Waals surface area contributed by atoms with Gasteiger partial charge in [-0.25, -0.2) is 0 Å². The van der Waals surface area contributed by atoms with Gasteiger partial charge in [0.15, 0.2) is 17.3 Å². The number of rotatable bonds is 4. The maximum absolute atomic E-state index is 12.4. The smallest absolute Gasteiger partial charge is 0.247 e. The van der Waals surface area contributed by atoms with Gasteiger partial charge in [-0.3, -0.25) is 9.48 Å². The minimum atomic E-state index is -0.231. The van der Waals surface area contributed by atoms with Crippen molar-refractivity contribution in [3.05, 3.63) is 48.7 Å². The fraction of sp³-hybridized carbons (Fsp3) is 0.158. The van der Waals surface area contributed by atoms with Gasteiger partial charge < -0.3 is 14.8 Å². The van der Waals surface area contributed by atoms with Gasteiger partial charge in [0.25, 0.3) is 0 Å². The fourth-order valence-corrected chi connectivity index (χ4v) is 3.23. The number of benzene rings is 2. The van der Waals surface area contributed by atoms with Crippen molar-refractivity contribution in [1.29, 1.82) is 0 Å². The lowest BCUT2D eigenvalue weighted by Crippen LogP contribution is -2.19. The molecule has 2 aromatic heterocycles. The first-order valence-electron chi connectivity index (χ1n) is 8.69. The lowest BCUT2D eigenvalue weighted by atomic mass is 10.1. The van der Waals surface area contributed by atoms with Crippen LogP contribution in [0.1, 0.15) is 0 Å². The van der Waals surface area contributed by atoms with E-state index in [0.29, 0.717) is 11.6 Å². The highest BCUT2D eigenvalue weighted by Gasteiger charge is 2.18. The predicted octanol–water partition coefficient (Wildman–Crippen LogP) is 2.20. The zero-order chi connectivity index (χ0) is 19.1. The largest absolute Gasteiger partial charge is 0.454 e. The number of aryl methyl sites for hydroxylation is 1. The average molecular weight is 376 g/mol. The number of para-hydroxylation sites is 1. The van der Waals surface area contributed by atoms with Crippen LogP contribution < -0.4 is 14.8 Å². The number of hydrogen-bond acceptors (Lipinski definition) is 6. The second kappa shape index (κ2) is 6.38. The first kappa shape index (κ1) is 16.3. The van der Waals surface area contributed by atoms with Crippen LogP contribution in [0.5, 0.6) is 11.5 Å². The molecule has 28 heavy (non-hydrogen) atoms. The van der Waals surface area contributed by atoms with Crippen molar-refractivity contribution in [3.8, 4) is 22.8 Å². The van der Waals surface area contributed by atoms with Crippen LogP contribution in [0, 0.1) is 0 Å². The van der Waals surface area contributed by atoms with Crippen LogP contribution in [-0.2, 0) is 18.4 Å². The van der Waals surface area contributed by atoms with Gasteiger partial charge in [0, 0.05) is 18.0 Å². The van der Waals surface area contributed by atoms with E-state index >= 15 is 0 Å². The van der Waals surface area contributed by atoms with Crippen molar-refractivity contribution < 1.29 is 14.3 Å². The molecule has 5 rings (SSSR count). The third-order valence-electron chi connectivity index (χ3n) is 4.46. The molecule has 1 amide bonds. The number of ether oxygens (including phenoxy) is 2. The predicted molar refractivity (Wildman–Crippen MR) is 101 cm³/mol. The van der Waals surface area contributed by atoms with Crippen LogP contribution in [0.3, 0.4) is 0 Å². The van der Waals surface area contributed by atoms with Crippen LogP contribution in [0.4, 0.5) is 5.82 Å². The Morgan fingerprint density at radius 3 is 2.86 bits per heavy atom. The molecular formula is C19H16N6O3. The van der Waals surface area contributed by atoms with Gasteiger partial charge in [-0.15, -0.1) is 5.10 Å². The molecule has 1 aliphatic heterocycles. The molecule has 0 saturated carbocycles. The van der Waals surface area contributed by atoms with Crippen molar-refractivity contribution >= 4 is 22.6 Å². The van der Waals surface area contributed by atoms with Gasteiger partial charge in [-0.1, -0.05) is 18.2 Å². The molecule has 1 aliphatic rings. The van der Waals surface area contributed by atoms with E-state index in [9.17, 15) is 4.79 Å². The first-order chi connectivity index (χ1) is 13.7. The molecule has 0 atom stereocenters. The maximum Gasteiger partial charge on any atom is 0.247 e. The number of amides is 1. The molecule has 0 spiro atoms. The van der Waals surface area contributed by atoms with Crippen molar-refractivity contribution in [2.45, 2.75) is 6.54 Å². The van der Waals surface area contributed by atoms with E-state index in [0.717, 1.165) is 27.9 Å². The van der Waals surface area contributed by atoms with Crippen LogP contribution >= 0.6 is 0 Å². The van der Waals surface area contributed by atoms with Gasteiger partial charge in [0.2, 0.25) is 12.7 Å². The van der Waals surface area contributed by atoms with E-state index in [4.69, 9.17) is 14.6 Å². The summed E-state index contributed by atoms with van der Waals surface area (Å²) in [6.45, 7) is 0.276. The minimum Gasteiger partial charge on any atom is -0.454 e. The summed E-state index contributed by atoms with van der Waals surface area (Å²) < 4.78 is 12.5. The zero-order valence-corrected chi connectivity index (χ0v) is 15.0. The lowest BCUT2D eigenvalue weighted by molar-refractivity contribution is -0.116. The van der Waals surface area contributed by atoms with Crippen molar-refractivity contribution in [2.75, 3.05) is 12.1 Å². The third-order valence-corrected chi connectivity index (χ3v) is 4.46. The molecule has 0 unspecified atom stereocenters. The summed E-state index contributed by atoms with van der Waals surface area (Å²) in [6.07, 6.45) is 1.50. The summed E-state index contributed by atoms with van der Waals surface area (Å²) in [7, 11) is 1.69. The molecule has 4 aromatic rings. The summed E-state index contributed by atoms with van der Waals surface area (Å²) in [5, 5.41) is 16.4. The summed E-state index contributed by atoms with van der Waals surface area (Å²) in [5.41, 5.74) is 2.54. The van der Waals surface area contributed by atoms with E-state index in [1.54, 1.807) is 11.7 Å². The Balaban J connectivity index is 1.49. The molecule has 2 aromatic carbocycles. The second-order valence-corrected chi connectivity index (χ2v) is 6.36. The van der Waals surface area contributed by atoms with E-state index in [1.165, 1.54) is 11.0 Å². The molecule has 140 valence electrons. The number of aromatic nitrogens is 5. The molecule has 3 heterocycles. The van der Waals surface area contributed by atoms with Crippen LogP contribution in [-0.4, -0.2) is 37.5 Å². The molecule has 0 aliphatic carbocycles. The van der Waals surface area contributed by atoms with E-state index in [1.807, 2.05) is 42.5 Å². The summed E-state index contributed by atoms with van der Waals surface area (Å²) in [4.78, 5) is 13.8. The van der Waals surface area contributed by atoms with Gasteiger partial charge >= 0.3 is 0 Å². The lowest BCUT2D eigenvalue weighted by Gasteiger charge is -2.03. The topological polar surface area (TPSA) is 96.1 Å². The second-order valence-electron chi connectivity index (χ2n) is 6.36. The molecule has 0 bridgehead atoms. The van der Waals surface area contributed by atoms with E-state index in [-0.39, 0.29) is 19.2 Å². The molecule has 1 N–H and O–H groups in total. The Kier molecular flexibility index (Phi) is 3.71. The van der Waals surface area contributed by atoms with E-state index < -0.39 is 0 Å². The SMILES string of the molecule is Cn1ncc(NC(=O)Cn2nc(-c3ccc4c(c3)OCO4)c3ccccc32)n1. The fourth-order valence-electron chi connectivity index (χ4n) is 3.23. The number of anilines is 1. The first-order valence-corrected chi connectivity index (χ1v) is 8.69. The van der Waals surface area contributed by atoms with Gasteiger partial charge in [0.1, 0.15) is 12.2 Å². The summed E-state index contributed by atoms with van der Waals surface area (Å²) >= 11 is 0. The number of fused-ring (bicyclic) bond motifs is 2. The van der Waals surface area contributed by atoms with Crippen LogP contribution in [0.2, 0.25) is 0 Å². The number of hydrogen-bond donors (Lipinski definition) is 1. The monoisotopic (exact) mass is 376 g/mol. The Labute approximate surface area is 159 Å². The molecule has 9 nitrogen and oxygen atoms in total. The third kappa shape index (κ3) is 2.82.